The average Bonchev–Trinajstić information content (AvgIpc) is 2.75. The van der Waals surface area contributed by atoms with Crippen molar-refractivity contribution in [3.63, 3.8) is 0 Å². The number of hydrogen-bond donors (Lipinski definition) is 2. The van der Waals surface area contributed by atoms with Crippen molar-refractivity contribution >= 4 is 11.6 Å². The third-order valence-corrected chi connectivity index (χ3v) is 2.42. The Morgan fingerprint density at radius 1 is 1.30 bits per heavy atom. The Morgan fingerprint density at radius 2 is 1.95 bits per heavy atom. The van der Waals surface area contributed by atoms with E-state index in [9.17, 15) is 4.79 Å². The molecule has 2 rings (SSSR count). The number of benzene rings is 1. The highest BCUT2D eigenvalue weighted by Crippen LogP contribution is 2.15. The SMILES string of the molecule is CC(C)(C)NC(=O)Cn1nnc(-c2ccc(N)cc2)n1. The highest BCUT2D eigenvalue weighted by molar-refractivity contribution is 5.76. The van der Waals surface area contributed by atoms with Gasteiger partial charge in [0.15, 0.2) is 0 Å². The van der Waals surface area contributed by atoms with Crippen molar-refractivity contribution in [3.8, 4) is 11.4 Å². The first kappa shape index (κ1) is 14.0. The highest BCUT2D eigenvalue weighted by Gasteiger charge is 2.15. The molecule has 7 heteroatoms. The Hall–Kier alpha value is -2.44. The van der Waals surface area contributed by atoms with Crippen LogP contribution in [0.3, 0.4) is 0 Å². The minimum absolute atomic E-state index is 0.0409. The van der Waals surface area contributed by atoms with Gasteiger partial charge in [-0.15, -0.1) is 10.2 Å². The molecule has 3 N–H and O–H groups in total. The molecule has 1 heterocycles. The number of anilines is 1. The van der Waals surface area contributed by atoms with Crippen molar-refractivity contribution in [2.45, 2.75) is 32.9 Å². The molecule has 0 saturated heterocycles. The number of aromatic nitrogens is 4. The van der Waals surface area contributed by atoms with Gasteiger partial charge in [-0.1, -0.05) is 0 Å². The van der Waals surface area contributed by atoms with Crippen molar-refractivity contribution in [1.29, 1.82) is 0 Å². The van der Waals surface area contributed by atoms with Crippen molar-refractivity contribution in [2.75, 3.05) is 5.73 Å². The van der Waals surface area contributed by atoms with E-state index >= 15 is 0 Å². The molecular weight excluding hydrogens is 256 g/mol. The van der Waals surface area contributed by atoms with Crippen LogP contribution in [0.2, 0.25) is 0 Å². The lowest BCUT2D eigenvalue weighted by Gasteiger charge is -2.19. The minimum Gasteiger partial charge on any atom is -0.399 e. The van der Waals surface area contributed by atoms with E-state index in [2.05, 4.69) is 20.7 Å². The number of tetrazole rings is 1. The van der Waals surface area contributed by atoms with Gasteiger partial charge in [-0.2, -0.15) is 4.80 Å². The van der Waals surface area contributed by atoms with Crippen LogP contribution in [-0.4, -0.2) is 31.7 Å². The summed E-state index contributed by atoms with van der Waals surface area (Å²) in [4.78, 5) is 13.0. The molecule has 0 aliphatic carbocycles. The van der Waals surface area contributed by atoms with Crippen LogP contribution in [0.1, 0.15) is 20.8 Å². The van der Waals surface area contributed by atoms with Crippen LogP contribution in [0.15, 0.2) is 24.3 Å². The summed E-state index contributed by atoms with van der Waals surface area (Å²) in [7, 11) is 0. The zero-order chi connectivity index (χ0) is 14.8. The number of carbonyl (C=O) groups excluding carboxylic acids is 1. The summed E-state index contributed by atoms with van der Waals surface area (Å²) in [5, 5.41) is 14.8. The topological polar surface area (TPSA) is 98.7 Å². The van der Waals surface area contributed by atoms with Crippen LogP contribution in [0.25, 0.3) is 11.4 Å². The molecule has 1 aromatic carbocycles. The van der Waals surface area contributed by atoms with E-state index < -0.39 is 0 Å². The highest BCUT2D eigenvalue weighted by atomic mass is 16.2. The van der Waals surface area contributed by atoms with Gasteiger partial charge in [-0.3, -0.25) is 4.79 Å². The van der Waals surface area contributed by atoms with E-state index in [-0.39, 0.29) is 18.0 Å². The average molecular weight is 274 g/mol. The van der Waals surface area contributed by atoms with Gasteiger partial charge in [-0.25, -0.2) is 0 Å². The molecule has 0 bridgehead atoms. The van der Waals surface area contributed by atoms with Crippen LogP contribution in [0, 0.1) is 0 Å². The van der Waals surface area contributed by atoms with Crippen LogP contribution in [0.5, 0.6) is 0 Å². The number of rotatable bonds is 3. The summed E-state index contributed by atoms with van der Waals surface area (Å²) >= 11 is 0. The number of amides is 1. The molecule has 0 aliphatic rings. The third-order valence-electron chi connectivity index (χ3n) is 2.42. The molecule has 7 nitrogen and oxygen atoms in total. The van der Waals surface area contributed by atoms with Crippen LogP contribution in [0.4, 0.5) is 5.69 Å². The number of carbonyl (C=O) groups is 1. The maximum absolute atomic E-state index is 11.8. The normalized spacial score (nSPS) is 11.3. The molecule has 0 aliphatic heterocycles. The maximum atomic E-state index is 11.8. The minimum atomic E-state index is -0.280. The lowest BCUT2D eigenvalue weighted by atomic mass is 10.1. The largest absolute Gasteiger partial charge is 0.399 e. The molecule has 106 valence electrons. The lowest BCUT2D eigenvalue weighted by Crippen LogP contribution is -2.42. The molecule has 0 saturated carbocycles. The number of nitrogens with two attached hydrogens (primary N) is 1. The van der Waals surface area contributed by atoms with E-state index in [0.29, 0.717) is 11.5 Å². The van der Waals surface area contributed by atoms with Crippen LogP contribution in [-0.2, 0) is 11.3 Å². The van der Waals surface area contributed by atoms with E-state index in [4.69, 9.17) is 5.73 Å². The van der Waals surface area contributed by atoms with Gasteiger partial charge < -0.3 is 11.1 Å². The van der Waals surface area contributed by atoms with Gasteiger partial charge >= 0.3 is 0 Å². The predicted molar refractivity (Wildman–Crippen MR) is 75.6 cm³/mol. The second kappa shape index (κ2) is 5.28. The fourth-order valence-electron chi connectivity index (χ4n) is 1.64. The Balaban J connectivity index is 2.06. The first-order chi connectivity index (χ1) is 9.33. The summed E-state index contributed by atoms with van der Waals surface area (Å²) in [5.74, 6) is 0.312. The summed E-state index contributed by atoms with van der Waals surface area (Å²) in [6.07, 6.45) is 0. The van der Waals surface area contributed by atoms with E-state index in [1.807, 2.05) is 32.9 Å². The lowest BCUT2D eigenvalue weighted by molar-refractivity contribution is -0.123. The van der Waals surface area contributed by atoms with Gasteiger partial charge in [0.05, 0.1) is 0 Å². The van der Waals surface area contributed by atoms with Crippen molar-refractivity contribution in [1.82, 2.24) is 25.5 Å². The standard InChI is InChI=1S/C13H18N6O/c1-13(2,3)15-11(20)8-19-17-12(16-18-19)9-4-6-10(14)7-5-9/h4-7H,8,14H2,1-3H3,(H,15,20). The summed E-state index contributed by atoms with van der Waals surface area (Å²) in [5.41, 5.74) is 6.82. The Bertz CT molecular complexity index is 596. The van der Waals surface area contributed by atoms with Crippen LogP contribution >= 0.6 is 0 Å². The predicted octanol–water partition coefficient (Wildman–Crippen LogP) is 0.837. The third kappa shape index (κ3) is 3.78. The molecule has 0 unspecified atom stereocenters. The summed E-state index contributed by atoms with van der Waals surface area (Å²) in [6, 6.07) is 7.16. The number of nitrogens with one attached hydrogen (secondary N) is 1. The molecule has 1 aromatic heterocycles. The van der Waals surface area contributed by atoms with Gasteiger partial charge in [0.2, 0.25) is 11.7 Å². The number of hydrogen-bond acceptors (Lipinski definition) is 5. The fourth-order valence-corrected chi connectivity index (χ4v) is 1.64. The molecule has 2 aromatic rings. The molecule has 20 heavy (non-hydrogen) atoms. The number of nitrogen functional groups attached to an aromatic ring is 1. The molecule has 0 spiro atoms. The first-order valence-electron chi connectivity index (χ1n) is 6.28. The van der Waals surface area contributed by atoms with E-state index in [1.165, 1.54) is 4.80 Å². The summed E-state index contributed by atoms with van der Waals surface area (Å²) in [6.45, 7) is 5.79. The Morgan fingerprint density at radius 3 is 2.55 bits per heavy atom. The number of nitrogens with zero attached hydrogens (tertiary/aromatic N) is 4. The van der Waals surface area contributed by atoms with Crippen LogP contribution < -0.4 is 11.1 Å². The van der Waals surface area contributed by atoms with Crippen molar-refractivity contribution in [3.05, 3.63) is 24.3 Å². The fraction of sp³-hybridized carbons (Fsp3) is 0.385. The quantitative estimate of drug-likeness (QED) is 0.808. The van der Waals surface area contributed by atoms with Gasteiger partial charge in [0.1, 0.15) is 6.54 Å². The second-order valence-electron chi connectivity index (χ2n) is 5.56. The maximum Gasteiger partial charge on any atom is 0.244 e. The molecule has 0 atom stereocenters. The van der Waals surface area contributed by atoms with E-state index in [0.717, 1.165) is 5.56 Å². The molecule has 0 radical (unpaired) electrons. The monoisotopic (exact) mass is 274 g/mol. The van der Waals surface area contributed by atoms with Gasteiger partial charge in [0.25, 0.3) is 0 Å². The first-order valence-corrected chi connectivity index (χ1v) is 6.28. The van der Waals surface area contributed by atoms with Crippen molar-refractivity contribution < 1.29 is 4.79 Å². The smallest absolute Gasteiger partial charge is 0.244 e. The molecule has 0 fully saturated rings. The van der Waals surface area contributed by atoms with E-state index in [1.54, 1.807) is 12.1 Å². The van der Waals surface area contributed by atoms with Gasteiger partial charge in [0, 0.05) is 16.8 Å². The molecular formula is C13H18N6O. The molecule has 1 amide bonds. The van der Waals surface area contributed by atoms with Gasteiger partial charge in [-0.05, 0) is 50.3 Å². The van der Waals surface area contributed by atoms with Crippen molar-refractivity contribution in [2.24, 2.45) is 0 Å². The second-order valence-corrected chi connectivity index (χ2v) is 5.56. The zero-order valence-corrected chi connectivity index (χ0v) is 11.8. The zero-order valence-electron chi connectivity index (χ0n) is 11.8. The Labute approximate surface area is 117 Å². The summed E-state index contributed by atoms with van der Waals surface area (Å²) < 4.78 is 0. The Kier molecular flexibility index (Phi) is 3.69.